The van der Waals surface area contributed by atoms with E-state index in [1.807, 2.05) is 6.07 Å². The Kier molecular flexibility index (Phi) is 4.58. The maximum Gasteiger partial charge on any atom is 0.461 e. The number of benzene rings is 2. The van der Waals surface area contributed by atoms with Crippen molar-refractivity contribution in [1.29, 1.82) is 0 Å². The molecule has 25 heavy (non-hydrogen) atoms. The van der Waals surface area contributed by atoms with Gasteiger partial charge in [0.25, 0.3) is 0 Å². The zero-order chi connectivity index (χ0) is 18.0. The molecule has 2 aromatic carbocycles. The molecule has 1 N–H and O–H groups in total. The van der Waals surface area contributed by atoms with Gasteiger partial charge in [-0.1, -0.05) is 30.3 Å². The second-order valence-electron chi connectivity index (χ2n) is 5.02. The van der Waals surface area contributed by atoms with Crippen LogP contribution in [0.15, 0.2) is 54.6 Å². The number of aromatic nitrogens is 3. The van der Waals surface area contributed by atoms with Crippen molar-refractivity contribution in [1.82, 2.24) is 14.8 Å². The molecule has 0 spiro atoms. The number of halogens is 4. The third-order valence-electron chi connectivity index (χ3n) is 3.29. The molecule has 3 aromatic rings. The summed E-state index contributed by atoms with van der Waals surface area (Å²) in [5, 5.41) is 6.72. The Balaban J connectivity index is 2.02. The summed E-state index contributed by atoms with van der Waals surface area (Å²) in [5.41, 5.74) is 1.08. The van der Waals surface area contributed by atoms with Crippen molar-refractivity contribution in [3.63, 3.8) is 0 Å². The highest BCUT2D eigenvalue weighted by Gasteiger charge is 2.44. The topological polar surface area (TPSA) is 42.8 Å². The molecule has 0 saturated carbocycles. The van der Waals surface area contributed by atoms with Gasteiger partial charge in [-0.25, -0.2) is 0 Å². The zero-order valence-corrected chi connectivity index (χ0v) is 13.3. The third kappa shape index (κ3) is 3.55. The molecule has 1 aromatic heterocycles. The third-order valence-corrected chi connectivity index (χ3v) is 3.56. The lowest BCUT2D eigenvalue weighted by Crippen LogP contribution is -2.33. The van der Waals surface area contributed by atoms with Gasteiger partial charge in [-0.15, -0.1) is 0 Å². The second-order valence-corrected chi connectivity index (χ2v) is 5.40. The van der Waals surface area contributed by atoms with E-state index in [4.69, 9.17) is 12.2 Å². The van der Waals surface area contributed by atoms with Crippen LogP contribution in [0.2, 0.25) is 0 Å². The fourth-order valence-electron chi connectivity index (χ4n) is 2.21. The van der Waals surface area contributed by atoms with Crippen molar-refractivity contribution in [2.45, 2.75) is 12.5 Å². The summed E-state index contributed by atoms with van der Waals surface area (Å²) in [6, 6.07) is 14.4. The smallest absolute Gasteiger partial charge is 0.428 e. The minimum absolute atomic E-state index is 0.297. The van der Waals surface area contributed by atoms with E-state index in [2.05, 4.69) is 14.9 Å². The highest BCUT2D eigenvalue weighted by molar-refractivity contribution is 7.71. The standard InChI is InChI=1S/C16H11F4N3OS/c17-14(18)16(19,20)24-12-8-4-5-10(9-12)13-21-22-15(25)23(13)11-6-2-1-3-7-11/h1-9,14H,(H,22,25). The Hall–Kier alpha value is -2.68. The average Bonchev–Trinajstić information content (AvgIpc) is 2.97. The minimum Gasteiger partial charge on any atom is -0.428 e. The summed E-state index contributed by atoms with van der Waals surface area (Å²) in [5.74, 6) is -0.0710. The highest BCUT2D eigenvalue weighted by Crippen LogP contribution is 2.30. The average molecular weight is 369 g/mol. The normalized spacial score (nSPS) is 11.7. The SMILES string of the molecule is FC(F)C(F)(F)Oc1cccc(-c2n[nH]c(=S)n2-c2ccccc2)c1. The van der Waals surface area contributed by atoms with Crippen molar-refractivity contribution < 1.29 is 22.3 Å². The number of alkyl halides is 4. The molecular weight excluding hydrogens is 358 g/mol. The monoisotopic (exact) mass is 369 g/mol. The van der Waals surface area contributed by atoms with Gasteiger partial charge >= 0.3 is 12.5 Å². The summed E-state index contributed by atoms with van der Waals surface area (Å²) in [7, 11) is 0. The molecule has 0 fully saturated rings. The van der Waals surface area contributed by atoms with E-state index in [0.29, 0.717) is 21.8 Å². The number of nitrogens with zero attached hydrogens (tertiary/aromatic N) is 2. The number of hydrogen-bond acceptors (Lipinski definition) is 3. The molecule has 0 amide bonds. The Morgan fingerprint density at radius 2 is 1.80 bits per heavy atom. The molecule has 9 heteroatoms. The van der Waals surface area contributed by atoms with E-state index in [9.17, 15) is 17.6 Å². The van der Waals surface area contributed by atoms with Crippen LogP contribution in [0.1, 0.15) is 0 Å². The maximum atomic E-state index is 13.1. The number of ether oxygens (including phenoxy) is 1. The van der Waals surface area contributed by atoms with E-state index in [1.54, 1.807) is 34.9 Å². The summed E-state index contributed by atoms with van der Waals surface area (Å²) in [6.45, 7) is 0. The van der Waals surface area contributed by atoms with Gasteiger partial charge in [0.15, 0.2) is 10.6 Å². The zero-order valence-electron chi connectivity index (χ0n) is 12.5. The van der Waals surface area contributed by atoms with Gasteiger partial charge in [0.1, 0.15) is 5.75 Å². The second kappa shape index (κ2) is 6.67. The predicted molar refractivity (Wildman–Crippen MR) is 85.8 cm³/mol. The van der Waals surface area contributed by atoms with Crippen LogP contribution in [0.4, 0.5) is 17.6 Å². The first-order valence-corrected chi connectivity index (χ1v) is 7.47. The van der Waals surface area contributed by atoms with Gasteiger partial charge in [0.2, 0.25) is 0 Å². The van der Waals surface area contributed by atoms with Gasteiger partial charge in [-0.3, -0.25) is 9.67 Å². The van der Waals surface area contributed by atoms with Crippen molar-refractivity contribution in [3.05, 3.63) is 59.4 Å². The van der Waals surface area contributed by atoms with Crippen LogP contribution in [-0.4, -0.2) is 27.3 Å². The van der Waals surface area contributed by atoms with Gasteiger partial charge in [0.05, 0.1) is 0 Å². The number of nitrogens with one attached hydrogen (secondary N) is 1. The first-order valence-electron chi connectivity index (χ1n) is 7.07. The first-order chi connectivity index (χ1) is 11.9. The van der Waals surface area contributed by atoms with Crippen LogP contribution in [0.3, 0.4) is 0 Å². The lowest BCUT2D eigenvalue weighted by Gasteiger charge is -2.17. The highest BCUT2D eigenvalue weighted by atomic mass is 32.1. The molecule has 1 heterocycles. The van der Waals surface area contributed by atoms with E-state index >= 15 is 0 Å². The predicted octanol–water partition coefficient (Wildman–Crippen LogP) is 4.83. The molecule has 0 saturated heterocycles. The Bertz CT molecular complexity index is 924. The van der Waals surface area contributed by atoms with Gasteiger partial charge in [-0.2, -0.15) is 22.7 Å². The Labute approximate surface area is 144 Å². The van der Waals surface area contributed by atoms with Crippen LogP contribution in [0.5, 0.6) is 5.75 Å². The molecule has 4 nitrogen and oxygen atoms in total. The number of H-pyrrole nitrogens is 1. The largest absolute Gasteiger partial charge is 0.461 e. The van der Waals surface area contributed by atoms with Crippen LogP contribution in [0.25, 0.3) is 17.1 Å². The summed E-state index contributed by atoms with van der Waals surface area (Å²) in [6.07, 6.45) is -8.52. The Morgan fingerprint density at radius 1 is 1.08 bits per heavy atom. The van der Waals surface area contributed by atoms with Gasteiger partial charge < -0.3 is 4.74 Å². The van der Waals surface area contributed by atoms with Crippen LogP contribution in [-0.2, 0) is 0 Å². The Morgan fingerprint density at radius 3 is 2.48 bits per heavy atom. The number of rotatable bonds is 5. The number of para-hydroxylation sites is 1. The minimum atomic E-state index is -4.58. The molecule has 0 atom stereocenters. The van der Waals surface area contributed by atoms with E-state index in [0.717, 1.165) is 6.07 Å². The molecule has 3 rings (SSSR count). The van der Waals surface area contributed by atoms with Crippen LogP contribution >= 0.6 is 12.2 Å². The molecule has 0 radical (unpaired) electrons. The van der Waals surface area contributed by atoms with Crippen LogP contribution < -0.4 is 4.74 Å². The van der Waals surface area contributed by atoms with Crippen molar-refractivity contribution in [3.8, 4) is 22.8 Å². The lowest BCUT2D eigenvalue weighted by atomic mass is 10.2. The molecule has 0 unspecified atom stereocenters. The fourth-order valence-corrected chi connectivity index (χ4v) is 2.45. The van der Waals surface area contributed by atoms with Crippen molar-refractivity contribution >= 4 is 12.2 Å². The number of aromatic amines is 1. The molecule has 0 aliphatic rings. The molecule has 0 aliphatic heterocycles. The maximum absolute atomic E-state index is 13.1. The molecule has 130 valence electrons. The number of hydrogen-bond donors (Lipinski definition) is 1. The van der Waals surface area contributed by atoms with Crippen LogP contribution in [0, 0.1) is 4.77 Å². The van der Waals surface area contributed by atoms with Crippen molar-refractivity contribution in [2.24, 2.45) is 0 Å². The van der Waals surface area contributed by atoms with Crippen molar-refractivity contribution in [2.75, 3.05) is 0 Å². The summed E-state index contributed by atoms with van der Waals surface area (Å²) >= 11 is 5.20. The fraction of sp³-hybridized carbons (Fsp3) is 0.125. The first kappa shape index (κ1) is 17.2. The molecule has 0 bridgehead atoms. The quantitative estimate of drug-likeness (QED) is 0.517. The summed E-state index contributed by atoms with van der Waals surface area (Å²) < 4.78 is 56.8. The van der Waals surface area contributed by atoms with E-state index in [1.165, 1.54) is 12.1 Å². The van der Waals surface area contributed by atoms with Gasteiger partial charge in [0, 0.05) is 11.3 Å². The molecule has 0 aliphatic carbocycles. The van der Waals surface area contributed by atoms with E-state index in [-0.39, 0.29) is 0 Å². The summed E-state index contributed by atoms with van der Waals surface area (Å²) in [4.78, 5) is 0. The molecular formula is C16H11F4N3OS. The lowest BCUT2D eigenvalue weighted by molar-refractivity contribution is -0.253. The van der Waals surface area contributed by atoms with Gasteiger partial charge in [-0.05, 0) is 36.5 Å². The van der Waals surface area contributed by atoms with E-state index < -0.39 is 18.3 Å².